The van der Waals surface area contributed by atoms with Crippen molar-refractivity contribution in [3.63, 3.8) is 0 Å². The number of nitrogens with zero attached hydrogens (tertiary/aromatic N) is 3. The molecule has 6 nitrogen and oxygen atoms in total. The Kier molecular flexibility index (Phi) is 7.23. The number of rotatable bonds is 8. The third-order valence-electron chi connectivity index (χ3n) is 5.01. The number of amides is 1. The number of hydrogen-bond acceptors (Lipinski definition) is 5. The summed E-state index contributed by atoms with van der Waals surface area (Å²) in [6.45, 7) is 6.95. The van der Waals surface area contributed by atoms with Crippen LogP contribution in [0, 0.1) is 12.8 Å². The van der Waals surface area contributed by atoms with Gasteiger partial charge in [0.15, 0.2) is 0 Å². The standard InChI is InChI=1S/C22H30N4O2/c1-3-4-14-28-20-9-7-18(8-10-20)15-24-21(27)19-6-5-13-26(16-19)22-23-12-11-17(2)25-22/h7-12,19H,3-6,13-16H2,1-2H3,(H,24,27)/t19-/m1/s1. The average Bonchev–Trinajstić information content (AvgIpc) is 2.73. The first kappa shape index (κ1) is 20.1. The van der Waals surface area contributed by atoms with Gasteiger partial charge in [-0.2, -0.15) is 0 Å². The van der Waals surface area contributed by atoms with Gasteiger partial charge >= 0.3 is 0 Å². The molecule has 28 heavy (non-hydrogen) atoms. The van der Waals surface area contributed by atoms with Crippen molar-refractivity contribution in [2.45, 2.75) is 46.1 Å². The summed E-state index contributed by atoms with van der Waals surface area (Å²) in [6, 6.07) is 9.84. The van der Waals surface area contributed by atoms with Gasteiger partial charge in [0.25, 0.3) is 0 Å². The number of unbranched alkanes of at least 4 members (excludes halogenated alkanes) is 1. The minimum Gasteiger partial charge on any atom is -0.494 e. The van der Waals surface area contributed by atoms with Crippen molar-refractivity contribution in [2.75, 3.05) is 24.6 Å². The molecule has 1 amide bonds. The van der Waals surface area contributed by atoms with Gasteiger partial charge in [0.05, 0.1) is 12.5 Å². The van der Waals surface area contributed by atoms with Gasteiger partial charge in [0.1, 0.15) is 5.75 Å². The van der Waals surface area contributed by atoms with Crippen molar-refractivity contribution in [3.05, 3.63) is 47.8 Å². The number of carbonyl (C=O) groups is 1. The smallest absolute Gasteiger partial charge is 0.225 e. The van der Waals surface area contributed by atoms with Crippen molar-refractivity contribution in [3.8, 4) is 5.75 Å². The summed E-state index contributed by atoms with van der Waals surface area (Å²) in [5.41, 5.74) is 2.02. The van der Waals surface area contributed by atoms with E-state index in [1.807, 2.05) is 37.3 Å². The van der Waals surface area contributed by atoms with E-state index >= 15 is 0 Å². The van der Waals surface area contributed by atoms with Crippen LogP contribution in [0.25, 0.3) is 0 Å². The van der Waals surface area contributed by atoms with E-state index < -0.39 is 0 Å². The third kappa shape index (κ3) is 5.68. The molecule has 1 fully saturated rings. The van der Waals surface area contributed by atoms with Crippen molar-refractivity contribution in [1.29, 1.82) is 0 Å². The summed E-state index contributed by atoms with van der Waals surface area (Å²) in [4.78, 5) is 23.6. The van der Waals surface area contributed by atoms with E-state index in [4.69, 9.17) is 4.74 Å². The van der Waals surface area contributed by atoms with Crippen LogP contribution in [-0.2, 0) is 11.3 Å². The van der Waals surface area contributed by atoms with Crippen molar-refractivity contribution < 1.29 is 9.53 Å². The predicted molar refractivity (Wildman–Crippen MR) is 110 cm³/mol. The number of benzene rings is 1. The molecule has 2 aromatic rings. The molecule has 0 bridgehead atoms. The molecule has 6 heteroatoms. The molecule has 0 saturated carbocycles. The van der Waals surface area contributed by atoms with Gasteiger partial charge in [0, 0.05) is 31.5 Å². The quantitative estimate of drug-likeness (QED) is 0.708. The van der Waals surface area contributed by atoms with E-state index in [0.717, 1.165) is 61.8 Å². The number of hydrogen-bond donors (Lipinski definition) is 1. The van der Waals surface area contributed by atoms with Crippen LogP contribution >= 0.6 is 0 Å². The fourth-order valence-electron chi connectivity index (χ4n) is 3.33. The summed E-state index contributed by atoms with van der Waals surface area (Å²) in [7, 11) is 0. The summed E-state index contributed by atoms with van der Waals surface area (Å²) >= 11 is 0. The Balaban J connectivity index is 1.49. The van der Waals surface area contributed by atoms with Crippen LogP contribution in [0.4, 0.5) is 5.95 Å². The lowest BCUT2D eigenvalue weighted by atomic mass is 9.97. The van der Waals surface area contributed by atoms with Gasteiger partial charge < -0.3 is 15.0 Å². The van der Waals surface area contributed by atoms with Crippen LogP contribution in [0.3, 0.4) is 0 Å². The minimum atomic E-state index is -0.0329. The topological polar surface area (TPSA) is 67.3 Å². The Morgan fingerprint density at radius 3 is 2.86 bits per heavy atom. The lowest BCUT2D eigenvalue weighted by molar-refractivity contribution is -0.125. The number of piperidine rings is 1. The van der Waals surface area contributed by atoms with Crippen molar-refractivity contribution in [1.82, 2.24) is 15.3 Å². The highest BCUT2D eigenvalue weighted by molar-refractivity contribution is 5.79. The Morgan fingerprint density at radius 1 is 1.29 bits per heavy atom. The molecule has 1 aromatic heterocycles. The van der Waals surface area contributed by atoms with E-state index in [1.165, 1.54) is 0 Å². The van der Waals surface area contributed by atoms with Crippen LogP contribution in [0.5, 0.6) is 5.75 Å². The van der Waals surface area contributed by atoms with Gasteiger partial charge in [-0.3, -0.25) is 4.79 Å². The summed E-state index contributed by atoms with van der Waals surface area (Å²) < 4.78 is 5.68. The van der Waals surface area contributed by atoms with E-state index in [2.05, 4.69) is 27.1 Å². The molecule has 150 valence electrons. The molecule has 0 spiro atoms. The largest absolute Gasteiger partial charge is 0.494 e. The zero-order valence-electron chi connectivity index (χ0n) is 16.9. The molecule has 1 saturated heterocycles. The molecule has 1 aliphatic rings. The lowest BCUT2D eigenvalue weighted by Gasteiger charge is -2.32. The van der Waals surface area contributed by atoms with Crippen LogP contribution in [-0.4, -0.2) is 35.6 Å². The Hall–Kier alpha value is -2.63. The molecule has 1 N–H and O–H groups in total. The molecule has 0 aliphatic carbocycles. The monoisotopic (exact) mass is 382 g/mol. The first-order chi connectivity index (χ1) is 13.7. The van der Waals surface area contributed by atoms with Gasteiger partial charge in [-0.1, -0.05) is 25.5 Å². The van der Waals surface area contributed by atoms with E-state index in [0.29, 0.717) is 13.1 Å². The van der Waals surface area contributed by atoms with Crippen LogP contribution in [0.1, 0.15) is 43.9 Å². The maximum atomic E-state index is 12.7. The molecule has 0 unspecified atom stereocenters. The highest BCUT2D eigenvalue weighted by atomic mass is 16.5. The number of ether oxygens (including phenoxy) is 1. The number of aromatic nitrogens is 2. The maximum absolute atomic E-state index is 12.7. The number of anilines is 1. The van der Waals surface area contributed by atoms with Gasteiger partial charge in [-0.25, -0.2) is 9.97 Å². The lowest BCUT2D eigenvalue weighted by Crippen LogP contribution is -2.43. The second-order valence-electron chi connectivity index (χ2n) is 7.35. The second kappa shape index (κ2) is 10.1. The van der Waals surface area contributed by atoms with Crippen LogP contribution < -0.4 is 15.0 Å². The molecule has 2 heterocycles. The SMILES string of the molecule is CCCCOc1ccc(CNC(=O)[C@@H]2CCCN(c3nccc(C)n3)C2)cc1. The Morgan fingerprint density at radius 2 is 2.11 bits per heavy atom. The third-order valence-corrected chi connectivity index (χ3v) is 5.01. The molecule has 1 atom stereocenters. The zero-order chi connectivity index (χ0) is 19.8. The summed E-state index contributed by atoms with van der Waals surface area (Å²) in [5.74, 6) is 1.66. The van der Waals surface area contributed by atoms with E-state index in [1.54, 1.807) is 6.20 Å². The highest BCUT2D eigenvalue weighted by Crippen LogP contribution is 2.21. The van der Waals surface area contributed by atoms with Crippen molar-refractivity contribution in [2.24, 2.45) is 5.92 Å². The normalized spacial score (nSPS) is 16.6. The van der Waals surface area contributed by atoms with Gasteiger partial charge in [-0.15, -0.1) is 0 Å². The molecular weight excluding hydrogens is 352 g/mol. The maximum Gasteiger partial charge on any atom is 0.225 e. The number of carbonyl (C=O) groups excluding carboxylic acids is 1. The first-order valence-corrected chi connectivity index (χ1v) is 10.2. The number of aryl methyl sites for hydroxylation is 1. The second-order valence-corrected chi connectivity index (χ2v) is 7.35. The first-order valence-electron chi connectivity index (χ1n) is 10.2. The van der Waals surface area contributed by atoms with Gasteiger partial charge in [0.2, 0.25) is 11.9 Å². The minimum absolute atomic E-state index is 0.0329. The highest BCUT2D eigenvalue weighted by Gasteiger charge is 2.27. The van der Waals surface area contributed by atoms with E-state index in [9.17, 15) is 4.79 Å². The average molecular weight is 383 g/mol. The molecule has 1 aromatic carbocycles. The Bertz CT molecular complexity index is 763. The fraction of sp³-hybridized carbons (Fsp3) is 0.500. The summed E-state index contributed by atoms with van der Waals surface area (Å²) in [6.07, 6.45) is 5.83. The fourth-order valence-corrected chi connectivity index (χ4v) is 3.33. The Labute approximate surface area is 167 Å². The molecule has 1 aliphatic heterocycles. The van der Waals surface area contributed by atoms with Crippen LogP contribution in [0.2, 0.25) is 0 Å². The van der Waals surface area contributed by atoms with Crippen molar-refractivity contribution >= 4 is 11.9 Å². The zero-order valence-corrected chi connectivity index (χ0v) is 16.9. The predicted octanol–water partition coefficient (Wildman–Crippen LogP) is 3.50. The van der Waals surface area contributed by atoms with E-state index in [-0.39, 0.29) is 11.8 Å². The molecular formula is C22H30N4O2. The van der Waals surface area contributed by atoms with Crippen LogP contribution in [0.15, 0.2) is 36.5 Å². The molecule has 0 radical (unpaired) electrons. The summed E-state index contributed by atoms with van der Waals surface area (Å²) in [5, 5.41) is 3.08. The molecule has 3 rings (SSSR count). The number of nitrogens with one attached hydrogen (secondary N) is 1. The van der Waals surface area contributed by atoms with Gasteiger partial charge in [-0.05, 0) is 49.9 Å².